The van der Waals surface area contributed by atoms with Gasteiger partial charge in [-0.3, -0.25) is 0 Å². The van der Waals surface area contributed by atoms with Gasteiger partial charge in [-0.15, -0.1) is 0 Å². The third-order valence-corrected chi connectivity index (χ3v) is 3.75. The second-order valence-corrected chi connectivity index (χ2v) is 4.44. The fourth-order valence-corrected chi connectivity index (χ4v) is 2.92. The molecule has 2 fully saturated rings. The highest BCUT2D eigenvalue weighted by Crippen LogP contribution is 2.53. The summed E-state index contributed by atoms with van der Waals surface area (Å²) in [4.78, 5) is 0. The Morgan fingerprint density at radius 2 is 1.92 bits per heavy atom. The standard InChI is InChI=1S/C9H15BO3/c10-5-4-9(8(13)7(5)12)3-1-2-6(9)11/h5-8,11-13H,1-4H2/t5-,6+,7?,8?,9-/m1/s1. The summed E-state index contributed by atoms with van der Waals surface area (Å²) in [7, 11) is 5.66. The number of aliphatic hydroxyl groups is 3. The van der Waals surface area contributed by atoms with E-state index in [1.807, 2.05) is 0 Å². The molecule has 0 aromatic rings. The predicted molar refractivity (Wildman–Crippen MR) is 48.4 cm³/mol. The lowest BCUT2D eigenvalue weighted by Gasteiger charge is -2.31. The molecule has 72 valence electrons. The van der Waals surface area contributed by atoms with Gasteiger partial charge in [-0.1, -0.05) is 6.42 Å². The molecule has 2 aliphatic rings. The smallest absolute Gasteiger partial charge is 0.0875 e. The fourth-order valence-electron chi connectivity index (χ4n) is 2.92. The molecule has 13 heavy (non-hydrogen) atoms. The van der Waals surface area contributed by atoms with E-state index in [2.05, 4.69) is 0 Å². The van der Waals surface area contributed by atoms with Crippen LogP contribution in [0.2, 0.25) is 5.82 Å². The van der Waals surface area contributed by atoms with Gasteiger partial charge >= 0.3 is 0 Å². The van der Waals surface area contributed by atoms with E-state index >= 15 is 0 Å². The van der Waals surface area contributed by atoms with E-state index in [1.54, 1.807) is 0 Å². The van der Waals surface area contributed by atoms with Gasteiger partial charge in [0, 0.05) is 5.41 Å². The molecule has 0 aliphatic heterocycles. The van der Waals surface area contributed by atoms with E-state index in [0.29, 0.717) is 6.42 Å². The van der Waals surface area contributed by atoms with Crippen molar-refractivity contribution in [1.29, 1.82) is 0 Å². The molecule has 2 radical (unpaired) electrons. The lowest BCUT2D eigenvalue weighted by molar-refractivity contribution is -0.0675. The van der Waals surface area contributed by atoms with Gasteiger partial charge in [0.25, 0.3) is 0 Å². The molecule has 0 aromatic heterocycles. The largest absolute Gasteiger partial charge is 0.392 e. The Morgan fingerprint density at radius 3 is 2.31 bits per heavy atom. The first-order valence-corrected chi connectivity index (χ1v) is 4.88. The van der Waals surface area contributed by atoms with Crippen molar-refractivity contribution < 1.29 is 15.3 Å². The SMILES string of the molecule is [B][C@@H]1C[C@@]2(CCC[C@@H]2O)C(O)C1O. The van der Waals surface area contributed by atoms with Crippen molar-refractivity contribution >= 4 is 7.85 Å². The van der Waals surface area contributed by atoms with Gasteiger partial charge in [0.2, 0.25) is 0 Å². The van der Waals surface area contributed by atoms with Crippen LogP contribution < -0.4 is 0 Å². The quantitative estimate of drug-likeness (QED) is 0.446. The van der Waals surface area contributed by atoms with E-state index in [9.17, 15) is 15.3 Å². The van der Waals surface area contributed by atoms with Gasteiger partial charge in [-0.25, -0.2) is 0 Å². The maximum absolute atomic E-state index is 9.80. The van der Waals surface area contributed by atoms with E-state index in [1.165, 1.54) is 0 Å². The monoisotopic (exact) mass is 182 g/mol. The number of aliphatic hydroxyl groups excluding tert-OH is 3. The molecule has 0 aromatic carbocycles. The Balaban J connectivity index is 2.24. The molecule has 0 amide bonds. The highest BCUT2D eigenvalue weighted by molar-refractivity contribution is 6.12. The molecule has 4 heteroatoms. The van der Waals surface area contributed by atoms with Crippen molar-refractivity contribution in [3.05, 3.63) is 0 Å². The topological polar surface area (TPSA) is 60.7 Å². The van der Waals surface area contributed by atoms with Crippen LogP contribution in [-0.4, -0.2) is 41.5 Å². The molecule has 3 N–H and O–H groups in total. The number of rotatable bonds is 0. The van der Waals surface area contributed by atoms with Crippen LogP contribution in [0.1, 0.15) is 25.7 Å². The van der Waals surface area contributed by atoms with Gasteiger partial charge in [-0.2, -0.15) is 0 Å². The number of hydrogen-bond donors (Lipinski definition) is 3. The van der Waals surface area contributed by atoms with Crippen LogP contribution in [0.15, 0.2) is 0 Å². The summed E-state index contributed by atoms with van der Waals surface area (Å²) in [6.45, 7) is 0. The molecule has 2 rings (SSSR count). The Kier molecular flexibility index (Phi) is 2.17. The Labute approximate surface area is 79.2 Å². The highest BCUT2D eigenvalue weighted by Gasteiger charge is 2.56. The molecule has 2 saturated carbocycles. The fraction of sp³-hybridized carbons (Fsp3) is 1.00. The van der Waals surface area contributed by atoms with Crippen molar-refractivity contribution in [3.8, 4) is 0 Å². The average molecular weight is 182 g/mol. The molecule has 2 aliphatic carbocycles. The second-order valence-electron chi connectivity index (χ2n) is 4.44. The molecule has 2 unspecified atom stereocenters. The van der Waals surface area contributed by atoms with Crippen molar-refractivity contribution in [2.45, 2.75) is 49.8 Å². The van der Waals surface area contributed by atoms with Gasteiger partial charge < -0.3 is 15.3 Å². The Bertz CT molecular complexity index is 211. The third kappa shape index (κ3) is 1.16. The third-order valence-electron chi connectivity index (χ3n) is 3.75. The highest BCUT2D eigenvalue weighted by atomic mass is 16.3. The zero-order chi connectivity index (χ0) is 9.64. The van der Waals surface area contributed by atoms with Crippen LogP contribution in [0.5, 0.6) is 0 Å². The van der Waals surface area contributed by atoms with Crippen molar-refractivity contribution in [3.63, 3.8) is 0 Å². The molecule has 0 saturated heterocycles. The second kappa shape index (κ2) is 2.97. The minimum absolute atomic E-state index is 0.386. The van der Waals surface area contributed by atoms with Gasteiger partial charge in [0.05, 0.1) is 26.2 Å². The molecular formula is C9H15BO3. The summed E-state index contributed by atoms with van der Waals surface area (Å²) in [5, 5.41) is 29.1. The zero-order valence-corrected chi connectivity index (χ0v) is 7.56. The van der Waals surface area contributed by atoms with Gasteiger partial charge in [0.15, 0.2) is 0 Å². The minimum Gasteiger partial charge on any atom is -0.392 e. The first-order chi connectivity index (χ1) is 6.08. The molecule has 0 heterocycles. The van der Waals surface area contributed by atoms with E-state index in [0.717, 1.165) is 19.3 Å². The minimum atomic E-state index is -0.868. The molecular weight excluding hydrogens is 167 g/mol. The maximum Gasteiger partial charge on any atom is 0.0875 e. The average Bonchev–Trinajstić information content (AvgIpc) is 2.54. The van der Waals surface area contributed by atoms with Crippen LogP contribution >= 0.6 is 0 Å². The predicted octanol–water partition coefficient (Wildman–Crippen LogP) is -0.400. The Hall–Kier alpha value is -0.0551. The van der Waals surface area contributed by atoms with E-state index in [4.69, 9.17) is 7.85 Å². The lowest BCUT2D eigenvalue weighted by Crippen LogP contribution is -2.41. The van der Waals surface area contributed by atoms with E-state index < -0.39 is 23.7 Å². The van der Waals surface area contributed by atoms with Crippen molar-refractivity contribution in [2.75, 3.05) is 0 Å². The molecule has 1 spiro atoms. The van der Waals surface area contributed by atoms with Crippen LogP contribution in [0.4, 0.5) is 0 Å². The lowest BCUT2D eigenvalue weighted by atomic mass is 9.77. The van der Waals surface area contributed by atoms with Crippen molar-refractivity contribution in [2.24, 2.45) is 5.41 Å². The van der Waals surface area contributed by atoms with Crippen LogP contribution in [0.25, 0.3) is 0 Å². The summed E-state index contributed by atoms with van der Waals surface area (Å²) >= 11 is 0. The summed E-state index contributed by atoms with van der Waals surface area (Å²) < 4.78 is 0. The van der Waals surface area contributed by atoms with Gasteiger partial charge in [0.1, 0.15) is 0 Å². The summed E-state index contributed by atoms with van der Waals surface area (Å²) in [6.07, 6.45) is 0.739. The van der Waals surface area contributed by atoms with Crippen LogP contribution in [-0.2, 0) is 0 Å². The van der Waals surface area contributed by atoms with E-state index in [-0.39, 0.29) is 5.82 Å². The zero-order valence-electron chi connectivity index (χ0n) is 7.56. The molecule has 3 nitrogen and oxygen atoms in total. The van der Waals surface area contributed by atoms with Crippen LogP contribution in [0, 0.1) is 5.41 Å². The maximum atomic E-state index is 9.80. The first kappa shape index (κ1) is 9.50. The molecule has 5 atom stereocenters. The van der Waals surface area contributed by atoms with Crippen molar-refractivity contribution in [1.82, 2.24) is 0 Å². The summed E-state index contributed by atoms with van der Waals surface area (Å²) in [5.41, 5.74) is -0.515. The normalized spacial score (nSPS) is 56.2. The first-order valence-electron chi connectivity index (χ1n) is 4.88. The summed E-state index contributed by atoms with van der Waals surface area (Å²) in [5.74, 6) is -0.386. The Morgan fingerprint density at radius 1 is 1.23 bits per heavy atom. The number of hydrogen-bond acceptors (Lipinski definition) is 3. The van der Waals surface area contributed by atoms with Gasteiger partial charge in [-0.05, 0) is 25.1 Å². The molecule has 0 bridgehead atoms. The van der Waals surface area contributed by atoms with Crippen LogP contribution in [0.3, 0.4) is 0 Å². The summed E-state index contributed by atoms with van der Waals surface area (Å²) in [6, 6.07) is 0.